The fourth-order valence-corrected chi connectivity index (χ4v) is 3.27. The fraction of sp³-hybridized carbons (Fsp3) is 0.227. The third kappa shape index (κ3) is 4.90. The van der Waals surface area contributed by atoms with Gasteiger partial charge < -0.3 is 20.4 Å². The molecule has 154 valence electrons. The van der Waals surface area contributed by atoms with E-state index in [9.17, 15) is 9.18 Å². The molecule has 0 radical (unpaired) electrons. The van der Waals surface area contributed by atoms with Crippen molar-refractivity contribution in [1.29, 1.82) is 0 Å². The first kappa shape index (κ1) is 19.8. The van der Waals surface area contributed by atoms with Gasteiger partial charge in [0.1, 0.15) is 5.82 Å². The number of nitrogens with zero attached hydrogens (tertiary/aromatic N) is 4. The highest BCUT2D eigenvalue weighted by atomic mass is 19.1. The molecule has 1 fully saturated rings. The Balaban J connectivity index is 1.36. The van der Waals surface area contributed by atoms with Crippen molar-refractivity contribution in [2.45, 2.75) is 0 Å². The van der Waals surface area contributed by atoms with Crippen LogP contribution in [-0.2, 0) is 0 Å². The van der Waals surface area contributed by atoms with Crippen LogP contribution in [-0.4, -0.2) is 54.4 Å². The van der Waals surface area contributed by atoms with E-state index in [0.717, 1.165) is 43.3 Å². The topological polar surface area (TPSA) is 73.4 Å². The molecule has 1 saturated heterocycles. The van der Waals surface area contributed by atoms with Crippen molar-refractivity contribution in [2.75, 3.05) is 48.8 Å². The highest BCUT2D eigenvalue weighted by molar-refractivity contribution is 5.99. The van der Waals surface area contributed by atoms with Gasteiger partial charge in [0.25, 0.3) is 0 Å². The Kier molecular flexibility index (Phi) is 5.85. The van der Waals surface area contributed by atoms with E-state index < -0.39 is 11.8 Å². The summed E-state index contributed by atoms with van der Waals surface area (Å²) in [5.74, 6) is 0.482. The Morgan fingerprint density at radius 3 is 2.30 bits per heavy atom. The molecule has 2 N–H and O–H groups in total. The van der Waals surface area contributed by atoms with Gasteiger partial charge in [-0.05, 0) is 49.5 Å². The molecule has 4 rings (SSSR count). The van der Waals surface area contributed by atoms with E-state index in [4.69, 9.17) is 0 Å². The number of amides is 2. The zero-order valence-electron chi connectivity index (χ0n) is 16.7. The molecule has 1 aromatic heterocycles. The van der Waals surface area contributed by atoms with Crippen molar-refractivity contribution < 1.29 is 9.18 Å². The molecule has 8 heteroatoms. The number of urea groups is 1. The van der Waals surface area contributed by atoms with E-state index in [2.05, 4.69) is 37.7 Å². The van der Waals surface area contributed by atoms with Crippen LogP contribution in [0.4, 0.5) is 26.4 Å². The molecule has 0 atom stereocenters. The number of hydrogen-bond acceptors (Lipinski definition) is 5. The molecule has 0 aliphatic carbocycles. The number of halogens is 1. The Bertz CT molecular complexity index is 1000. The minimum atomic E-state index is -0.440. The van der Waals surface area contributed by atoms with E-state index >= 15 is 0 Å². The molecule has 2 heterocycles. The zero-order chi connectivity index (χ0) is 20.9. The summed E-state index contributed by atoms with van der Waals surface area (Å²) in [6, 6.07) is 16.6. The summed E-state index contributed by atoms with van der Waals surface area (Å²) >= 11 is 0. The lowest BCUT2D eigenvalue weighted by atomic mass is 10.1. The second-order valence-corrected chi connectivity index (χ2v) is 7.23. The SMILES string of the molecule is CN1CCN(c2ccc(-c3ccc(NC(=O)Nc4cccc(F)c4)cc3)nn2)CC1. The first-order valence-corrected chi connectivity index (χ1v) is 9.78. The van der Waals surface area contributed by atoms with Crippen LogP contribution in [0.1, 0.15) is 0 Å². The Labute approximate surface area is 174 Å². The first-order valence-electron chi connectivity index (χ1n) is 9.78. The third-order valence-corrected chi connectivity index (χ3v) is 5.00. The summed E-state index contributed by atoms with van der Waals surface area (Å²) in [5, 5.41) is 14.1. The van der Waals surface area contributed by atoms with Gasteiger partial charge in [0.15, 0.2) is 5.82 Å². The quantitative estimate of drug-likeness (QED) is 0.692. The number of carbonyl (C=O) groups is 1. The van der Waals surface area contributed by atoms with Gasteiger partial charge in [-0.2, -0.15) is 0 Å². The van der Waals surface area contributed by atoms with Crippen molar-refractivity contribution in [3.8, 4) is 11.3 Å². The van der Waals surface area contributed by atoms with Gasteiger partial charge in [-0.25, -0.2) is 9.18 Å². The lowest BCUT2D eigenvalue weighted by Crippen LogP contribution is -2.44. The van der Waals surface area contributed by atoms with Crippen LogP contribution in [0.2, 0.25) is 0 Å². The monoisotopic (exact) mass is 406 g/mol. The smallest absolute Gasteiger partial charge is 0.323 e. The minimum Gasteiger partial charge on any atom is -0.353 e. The average Bonchev–Trinajstić information content (AvgIpc) is 2.75. The van der Waals surface area contributed by atoms with Crippen LogP contribution >= 0.6 is 0 Å². The van der Waals surface area contributed by atoms with Crippen molar-refractivity contribution in [3.63, 3.8) is 0 Å². The maximum absolute atomic E-state index is 13.2. The van der Waals surface area contributed by atoms with Crippen LogP contribution in [0.5, 0.6) is 0 Å². The zero-order valence-corrected chi connectivity index (χ0v) is 16.7. The molecule has 2 aromatic carbocycles. The average molecular weight is 406 g/mol. The molecule has 2 amide bonds. The van der Waals surface area contributed by atoms with Crippen LogP contribution < -0.4 is 15.5 Å². The molecule has 0 unspecified atom stereocenters. The maximum Gasteiger partial charge on any atom is 0.323 e. The number of benzene rings is 2. The third-order valence-electron chi connectivity index (χ3n) is 5.00. The number of hydrogen-bond donors (Lipinski definition) is 2. The van der Waals surface area contributed by atoms with Crippen LogP contribution in [0.15, 0.2) is 60.7 Å². The summed E-state index contributed by atoms with van der Waals surface area (Å²) in [4.78, 5) is 16.6. The van der Waals surface area contributed by atoms with E-state index in [-0.39, 0.29) is 0 Å². The predicted molar refractivity (Wildman–Crippen MR) is 116 cm³/mol. The molecule has 0 spiro atoms. The van der Waals surface area contributed by atoms with Gasteiger partial charge in [0.05, 0.1) is 5.69 Å². The number of anilines is 3. The number of carbonyl (C=O) groups excluding carboxylic acids is 1. The molecule has 1 aliphatic heterocycles. The van der Waals surface area contributed by atoms with Gasteiger partial charge >= 0.3 is 6.03 Å². The van der Waals surface area contributed by atoms with Crippen molar-refractivity contribution >= 4 is 23.2 Å². The lowest BCUT2D eigenvalue weighted by Gasteiger charge is -2.32. The van der Waals surface area contributed by atoms with E-state index in [0.29, 0.717) is 11.4 Å². The Hall–Kier alpha value is -3.52. The molecule has 3 aromatic rings. The Morgan fingerprint density at radius 2 is 1.63 bits per heavy atom. The van der Waals surface area contributed by atoms with Gasteiger partial charge in [0, 0.05) is 43.1 Å². The summed E-state index contributed by atoms with van der Waals surface area (Å²) in [7, 11) is 2.12. The second-order valence-electron chi connectivity index (χ2n) is 7.23. The largest absolute Gasteiger partial charge is 0.353 e. The maximum atomic E-state index is 13.2. The minimum absolute atomic E-state index is 0.389. The lowest BCUT2D eigenvalue weighted by molar-refractivity contribution is 0.262. The van der Waals surface area contributed by atoms with Gasteiger partial charge in [0.2, 0.25) is 0 Å². The second kappa shape index (κ2) is 8.87. The number of rotatable bonds is 4. The summed E-state index contributed by atoms with van der Waals surface area (Å²) in [5.41, 5.74) is 2.68. The highest BCUT2D eigenvalue weighted by Gasteiger charge is 2.15. The van der Waals surface area contributed by atoms with Gasteiger partial charge in [-0.3, -0.25) is 0 Å². The number of nitrogens with one attached hydrogen (secondary N) is 2. The highest BCUT2D eigenvalue weighted by Crippen LogP contribution is 2.21. The van der Waals surface area contributed by atoms with Gasteiger partial charge in [-0.15, -0.1) is 10.2 Å². The van der Waals surface area contributed by atoms with E-state index in [1.54, 1.807) is 18.2 Å². The van der Waals surface area contributed by atoms with E-state index in [1.165, 1.54) is 18.2 Å². The molecular weight excluding hydrogens is 383 g/mol. The van der Waals surface area contributed by atoms with Gasteiger partial charge in [-0.1, -0.05) is 18.2 Å². The number of aromatic nitrogens is 2. The van der Waals surface area contributed by atoms with Crippen molar-refractivity contribution in [1.82, 2.24) is 15.1 Å². The fourth-order valence-electron chi connectivity index (χ4n) is 3.27. The van der Waals surface area contributed by atoms with Crippen LogP contribution in [0, 0.1) is 5.82 Å². The molecule has 30 heavy (non-hydrogen) atoms. The Morgan fingerprint density at radius 1 is 0.900 bits per heavy atom. The van der Waals surface area contributed by atoms with E-state index in [1.807, 2.05) is 24.3 Å². The number of likely N-dealkylation sites (N-methyl/N-ethyl adjacent to an activating group) is 1. The number of piperazine rings is 1. The van der Waals surface area contributed by atoms with Crippen LogP contribution in [0.3, 0.4) is 0 Å². The van der Waals surface area contributed by atoms with Crippen molar-refractivity contribution in [2.24, 2.45) is 0 Å². The normalized spacial score (nSPS) is 14.4. The summed E-state index contributed by atoms with van der Waals surface area (Å²) in [6.07, 6.45) is 0. The summed E-state index contributed by atoms with van der Waals surface area (Å²) < 4.78 is 13.2. The molecular formula is C22H23FN6O. The predicted octanol–water partition coefficient (Wildman–Crippen LogP) is 3.68. The molecule has 1 aliphatic rings. The first-order chi connectivity index (χ1) is 14.6. The standard InChI is InChI=1S/C22H23FN6O/c1-28-11-13-29(14-12-28)21-10-9-20(26-27-21)16-5-7-18(8-6-16)24-22(30)25-19-4-2-3-17(23)15-19/h2-10,15H,11-14H2,1H3,(H2,24,25,30). The van der Waals surface area contributed by atoms with Crippen LogP contribution in [0.25, 0.3) is 11.3 Å². The molecule has 0 bridgehead atoms. The molecule has 0 saturated carbocycles. The van der Waals surface area contributed by atoms with Crippen molar-refractivity contribution in [3.05, 3.63) is 66.5 Å². The molecule has 7 nitrogen and oxygen atoms in total. The summed E-state index contributed by atoms with van der Waals surface area (Å²) in [6.45, 7) is 3.93.